The van der Waals surface area contributed by atoms with Crippen LogP contribution in [0.3, 0.4) is 0 Å². The molecule has 0 saturated heterocycles. The summed E-state index contributed by atoms with van der Waals surface area (Å²) in [4.78, 5) is 27.7. The summed E-state index contributed by atoms with van der Waals surface area (Å²) in [6.45, 7) is 7.66. The molecule has 0 aliphatic rings. The van der Waals surface area contributed by atoms with Gasteiger partial charge in [-0.3, -0.25) is 4.79 Å². The van der Waals surface area contributed by atoms with Gasteiger partial charge < -0.3 is 20.1 Å². The number of nitrogen functional groups attached to an aromatic ring is 1. The lowest BCUT2D eigenvalue weighted by Gasteiger charge is -2.27. The zero-order valence-electron chi connectivity index (χ0n) is 21.5. The third kappa shape index (κ3) is 6.13. The summed E-state index contributed by atoms with van der Waals surface area (Å²) in [5.41, 5.74) is 9.09. The smallest absolute Gasteiger partial charge is 0.326 e. The third-order valence-electron chi connectivity index (χ3n) is 5.28. The number of carbonyl (C=O) groups excluding carboxylic acids is 1. The highest BCUT2D eigenvalue weighted by molar-refractivity contribution is 5.81. The topological polar surface area (TPSA) is 121 Å². The van der Waals surface area contributed by atoms with Crippen molar-refractivity contribution in [1.82, 2.24) is 24.6 Å². The fraction of sp³-hybridized carbons (Fsp3) is 0.296. The van der Waals surface area contributed by atoms with Gasteiger partial charge in [0.05, 0.1) is 24.7 Å². The summed E-state index contributed by atoms with van der Waals surface area (Å²) in [6, 6.07) is 9.52. The lowest BCUT2D eigenvalue weighted by molar-refractivity contribution is -0.153. The second-order valence-electron chi connectivity index (χ2n) is 9.29. The number of hydrogen-bond donors (Lipinski definition) is 1. The summed E-state index contributed by atoms with van der Waals surface area (Å²) < 4.78 is 12.6. The molecule has 0 saturated carbocycles. The molecule has 37 heavy (non-hydrogen) atoms. The molecule has 0 aliphatic heterocycles. The van der Waals surface area contributed by atoms with Gasteiger partial charge in [-0.05, 0) is 57.4 Å². The molecule has 10 nitrogen and oxygen atoms in total. The van der Waals surface area contributed by atoms with E-state index in [9.17, 15) is 4.79 Å². The van der Waals surface area contributed by atoms with E-state index in [4.69, 9.17) is 20.3 Å². The van der Waals surface area contributed by atoms with E-state index in [-0.39, 0.29) is 18.5 Å². The Bertz CT molecular complexity index is 1460. The first-order valence-corrected chi connectivity index (χ1v) is 11.7. The van der Waals surface area contributed by atoms with Crippen LogP contribution in [-0.2, 0) is 16.1 Å². The van der Waals surface area contributed by atoms with Crippen LogP contribution in [0, 0.1) is 11.8 Å². The summed E-state index contributed by atoms with van der Waals surface area (Å²) in [5, 5.41) is 4.74. The molecule has 0 bridgehead atoms. The lowest BCUT2D eigenvalue weighted by atomic mass is 10.1. The zero-order valence-corrected chi connectivity index (χ0v) is 21.5. The number of nitrogens with two attached hydrogens (primary N) is 1. The Hall–Kier alpha value is -4.65. The quantitative estimate of drug-likeness (QED) is 0.301. The van der Waals surface area contributed by atoms with E-state index in [1.165, 1.54) is 0 Å². The highest BCUT2D eigenvalue weighted by atomic mass is 16.6. The van der Waals surface area contributed by atoms with Gasteiger partial charge in [0.1, 0.15) is 23.6 Å². The number of hydrogen-bond acceptors (Lipinski definition) is 9. The largest absolute Gasteiger partial charge is 0.497 e. The van der Waals surface area contributed by atoms with Crippen LogP contribution in [0.4, 0.5) is 11.6 Å². The molecule has 4 aromatic rings. The zero-order chi connectivity index (χ0) is 26.6. The number of fused-ring (bicyclic) bond motifs is 1. The van der Waals surface area contributed by atoms with Gasteiger partial charge in [0.2, 0.25) is 5.95 Å². The number of anilines is 2. The van der Waals surface area contributed by atoms with Crippen LogP contribution in [0.1, 0.15) is 39.0 Å². The van der Waals surface area contributed by atoms with Crippen LogP contribution in [0.15, 0.2) is 48.9 Å². The number of methoxy groups -OCH3 is 1. The average Bonchev–Trinajstić information content (AvgIpc) is 3.26. The molecule has 10 heteroatoms. The first kappa shape index (κ1) is 25.4. The number of carbonyl (C=O) groups is 1. The standard InChI is InChI=1S/C27H29N7O3/c1-6-7-20-15-29-25-23(12-22(32-34(20)25)19-13-30-26(28)31-14-19)33(17-24(35)37-27(2,3)4)16-18-8-10-21(36-5)11-9-18/h8-15H,16-17H2,1-5H3,(H2,28,30,31). The van der Waals surface area contributed by atoms with Gasteiger partial charge in [-0.2, -0.15) is 5.10 Å². The van der Waals surface area contributed by atoms with Gasteiger partial charge in [-0.25, -0.2) is 19.5 Å². The number of rotatable bonds is 7. The molecule has 0 radical (unpaired) electrons. The van der Waals surface area contributed by atoms with E-state index < -0.39 is 5.60 Å². The van der Waals surface area contributed by atoms with Crippen LogP contribution in [0.5, 0.6) is 5.75 Å². The summed E-state index contributed by atoms with van der Waals surface area (Å²) >= 11 is 0. The predicted molar refractivity (Wildman–Crippen MR) is 141 cm³/mol. The Morgan fingerprint density at radius 1 is 1.11 bits per heavy atom. The molecule has 0 aliphatic carbocycles. The number of ether oxygens (including phenoxy) is 2. The second-order valence-corrected chi connectivity index (χ2v) is 9.29. The Kier molecular flexibility index (Phi) is 7.25. The van der Waals surface area contributed by atoms with Gasteiger partial charge in [-0.1, -0.05) is 18.1 Å². The van der Waals surface area contributed by atoms with E-state index in [0.29, 0.717) is 34.8 Å². The van der Waals surface area contributed by atoms with Crippen LogP contribution in [0.25, 0.3) is 16.9 Å². The molecule has 0 unspecified atom stereocenters. The van der Waals surface area contributed by atoms with Crippen molar-refractivity contribution < 1.29 is 14.3 Å². The molecule has 4 rings (SSSR count). The summed E-state index contributed by atoms with van der Waals surface area (Å²) in [7, 11) is 1.62. The molecular formula is C27H29N7O3. The molecular weight excluding hydrogens is 470 g/mol. The van der Waals surface area contributed by atoms with Crippen LogP contribution >= 0.6 is 0 Å². The Morgan fingerprint density at radius 2 is 1.81 bits per heavy atom. The van der Waals surface area contributed by atoms with E-state index in [0.717, 1.165) is 11.3 Å². The number of benzene rings is 1. The van der Waals surface area contributed by atoms with Crippen molar-refractivity contribution in [2.75, 3.05) is 24.3 Å². The normalized spacial score (nSPS) is 11.1. The summed E-state index contributed by atoms with van der Waals surface area (Å²) in [5.74, 6) is 6.47. The molecule has 0 atom stereocenters. The van der Waals surface area contributed by atoms with Crippen molar-refractivity contribution in [3.63, 3.8) is 0 Å². The van der Waals surface area contributed by atoms with Crippen LogP contribution in [-0.4, -0.2) is 49.8 Å². The molecule has 190 valence electrons. The predicted octanol–water partition coefficient (Wildman–Crippen LogP) is 3.50. The van der Waals surface area contributed by atoms with Crippen molar-refractivity contribution >= 4 is 23.3 Å². The van der Waals surface area contributed by atoms with E-state index in [1.54, 1.807) is 37.1 Å². The second kappa shape index (κ2) is 10.5. The van der Waals surface area contributed by atoms with Gasteiger partial charge in [-0.15, -0.1) is 0 Å². The number of esters is 1. The maximum absolute atomic E-state index is 13.0. The first-order valence-electron chi connectivity index (χ1n) is 11.7. The Labute approximate surface area is 215 Å². The van der Waals surface area contributed by atoms with Gasteiger partial charge in [0.25, 0.3) is 0 Å². The van der Waals surface area contributed by atoms with Gasteiger partial charge in [0.15, 0.2) is 5.65 Å². The van der Waals surface area contributed by atoms with E-state index >= 15 is 0 Å². The fourth-order valence-electron chi connectivity index (χ4n) is 3.72. The van der Waals surface area contributed by atoms with Crippen molar-refractivity contribution in [3.05, 3.63) is 60.2 Å². The maximum Gasteiger partial charge on any atom is 0.326 e. The minimum atomic E-state index is -0.625. The van der Waals surface area contributed by atoms with Crippen molar-refractivity contribution in [2.45, 2.75) is 39.8 Å². The molecule has 0 spiro atoms. The summed E-state index contributed by atoms with van der Waals surface area (Å²) in [6.07, 6.45) is 4.86. The minimum absolute atomic E-state index is 0.0116. The highest BCUT2D eigenvalue weighted by Crippen LogP contribution is 2.29. The van der Waals surface area contributed by atoms with E-state index in [2.05, 4.69) is 26.8 Å². The average molecular weight is 500 g/mol. The SMILES string of the molecule is CC#Cc1cnc2c(N(CC(=O)OC(C)(C)C)Cc3ccc(OC)cc3)cc(-c3cnc(N)nc3)nn12. The van der Waals surface area contributed by atoms with Crippen LogP contribution < -0.4 is 15.4 Å². The Balaban J connectivity index is 1.86. The maximum atomic E-state index is 13.0. The molecule has 1 aromatic carbocycles. The number of nitrogens with zero attached hydrogens (tertiary/aromatic N) is 6. The molecule has 0 amide bonds. The van der Waals surface area contributed by atoms with Crippen molar-refractivity contribution in [2.24, 2.45) is 0 Å². The fourth-order valence-corrected chi connectivity index (χ4v) is 3.72. The molecule has 0 fully saturated rings. The highest BCUT2D eigenvalue weighted by Gasteiger charge is 2.23. The lowest BCUT2D eigenvalue weighted by Crippen LogP contribution is -2.35. The van der Waals surface area contributed by atoms with Crippen LogP contribution in [0.2, 0.25) is 0 Å². The third-order valence-corrected chi connectivity index (χ3v) is 5.28. The monoisotopic (exact) mass is 499 g/mol. The minimum Gasteiger partial charge on any atom is -0.497 e. The molecule has 3 heterocycles. The molecule has 3 aromatic heterocycles. The van der Waals surface area contributed by atoms with Crippen molar-refractivity contribution in [3.8, 4) is 28.8 Å². The molecule has 2 N–H and O–H groups in total. The van der Waals surface area contributed by atoms with Gasteiger partial charge in [0, 0.05) is 24.5 Å². The Morgan fingerprint density at radius 3 is 2.43 bits per heavy atom. The number of imidazole rings is 1. The number of aromatic nitrogens is 5. The van der Waals surface area contributed by atoms with E-state index in [1.807, 2.05) is 56.0 Å². The van der Waals surface area contributed by atoms with Gasteiger partial charge >= 0.3 is 5.97 Å². The first-order chi connectivity index (χ1) is 17.7. The van der Waals surface area contributed by atoms with Crippen molar-refractivity contribution in [1.29, 1.82) is 0 Å².